The van der Waals surface area contributed by atoms with E-state index in [2.05, 4.69) is 29.8 Å². The maximum atomic E-state index is 5.91. The molecular weight excluding hydrogens is 198 g/mol. The summed E-state index contributed by atoms with van der Waals surface area (Å²) in [6.45, 7) is 6.38. The minimum absolute atomic E-state index is 0.279. The van der Waals surface area contributed by atoms with Gasteiger partial charge in [-0.25, -0.2) is 0 Å². The van der Waals surface area contributed by atoms with Gasteiger partial charge in [0.25, 0.3) is 0 Å². The van der Waals surface area contributed by atoms with Crippen LogP contribution in [-0.2, 0) is 0 Å². The molecular formula is C13H21N3. The second-order valence-electron chi connectivity index (χ2n) is 4.89. The lowest BCUT2D eigenvalue weighted by molar-refractivity contribution is 0.189. The highest BCUT2D eigenvalue weighted by Gasteiger charge is 2.32. The van der Waals surface area contributed by atoms with Crippen LogP contribution in [0.5, 0.6) is 0 Å². The van der Waals surface area contributed by atoms with Gasteiger partial charge in [0, 0.05) is 25.3 Å². The standard InChI is InChI=1S/C13H21N3/c1-10-7-11(2)16(9-10)13(8-14)12-5-3-4-6-15-12/h3-6,10-11,13H,7-9,14H2,1-2H3. The third kappa shape index (κ3) is 2.25. The SMILES string of the molecule is CC1CC(C)N(C(CN)c2ccccn2)C1. The minimum atomic E-state index is 0.279. The molecule has 1 saturated heterocycles. The van der Waals surface area contributed by atoms with Crippen molar-refractivity contribution < 1.29 is 0 Å². The molecule has 0 spiro atoms. The molecule has 88 valence electrons. The summed E-state index contributed by atoms with van der Waals surface area (Å²) in [7, 11) is 0. The van der Waals surface area contributed by atoms with Crippen LogP contribution >= 0.6 is 0 Å². The van der Waals surface area contributed by atoms with Gasteiger partial charge in [0.2, 0.25) is 0 Å². The number of hydrogen-bond donors (Lipinski definition) is 1. The van der Waals surface area contributed by atoms with E-state index in [1.165, 1.54) is 6.42 Å². The number of nitrogens with two attached hydrogens (primary N) is 1. The first-order valence-electron chi connectivity index (χ1n) is 6.09. The van der Waals surface area contributed by atoms with Gasteiger partial charge in [-0.05, 0) is 31.4 Å². The first-order chi connectivity index (χ1) is 7.72. The first-order valence-corrected chi connectivity index (χ1v) is 6.09. The van der Waals surface area contributed by atoms with E-state index in [1.807, 2.05) is 18.3 Å². The van der Waals surface area contributed by atoms with Gasteiger partial charge in [0.05, 0.1) is 11.7 Å². The lowest BCUT2D eigenvalue weighted by Crippen LogP contribution is -2.36. The van der Waals surface area contributed by atoms with Gasteiger partial charge in [-0.3, -0.25) is 9.88 Å². The number of nitrogens with zero attached hydrogens (tertiary/aromatic N) is 2. The van der Waals surface area contributed by atoms with Crippen LogP contribution in [0, 0.1) is 5.92 Å². The zero-order valence-corrected chi connectivity index (χ0v) is 10.1. The molecule has 0 aliphatic carbocycles. The van der Waals surface area contributed by atoms with Crippen molar-refractivity contribution >= 4 is 0 Å². The molecule has 1 fully saturated rings. The summed E-state index contributed by atoms with van der Waals surface area (Å²) in [5, 5.41) is 0. The Bertz CT molecular complexity index is 325. The second kappa shape index (κ2) is 4.93. The van der Waals surface area contributed by atoms with E-state index in [4.69, 9.17) is 5.73 Å². The Kier molecular flexibility index (Phi) is 3.56. The van der Waals surface area contributed by atoms with Crippen molar-refractivity contribution in [1.82, 2.24) is 9.88 Å². The lowest BCUT2D eigenvalue weighted by Gasteiger charge is -2.30. The Labute approximate surface area is 97.7 Å². The van der Waals surface area contributed by atoms with Crippen molar-refractivity contribution in [3.05, 3.63) is 30.1 Å². The van der Waals surface area contributed by atoms with Gasteiger partial charge < -0.3 is 5.73 Å². The van der Waals surface area contributed by atoms with Crippen LogP contribution < -0.4 is 5.73 Å². The fourth-order valence-corrected chi connectivity index (χ4v) is 2.77. The van der Waals surface area contributed by atoms with E-state index >= 15 is 0 Å². The summed E-state index contributed by atoms with van der Waals surface area (Å²) in [6.07, 6.45) is 3.12. The highest BCUT2D eigenvalue weighted by atomic mass is 15.2. The average Bonchev–Trinajstić information content (AvgIpc) is 2.61. The molecule has 2 N–H and O–H groups in total. The number of hydrogen-bond acceptors (Lipinski definition) is 3. The van der Waals surface area contributed by atoms with Crippen LogP contribution in [0.4, 0.5) is 0 Å². The number of aromatic nitrogens is 1. The zero-order chi connectivity index (χ0) is 11.5. The molecule has 0 bridgehead atoms. The smallest absolute Gasteiger partial charge is 0.0646 e. The predicted molar refractivity (Wildman–Crippen MR) is 66.0 cm³/mol. The molecule has 3 nitrogen and oxygen atoms in total. The van der Waals surface area contributed by atoms with Gasteiger partial charge in [-0.2, -0.15) is 0 Å². The molecule has 0 saturated carbocycles. The maximum absolute atomic E-state index is 5.91. The number of likely N-dealkylation sites (tertiary alicyclic amines) is 1. The zero-order valence-electron chi connectivity index (χ0n) is 10.1. The number of rotatable bonds is 3. The highest BCUT2D eigenvalue weighted by molar-refractivity contribution is 5.10. The quantitative estimate of drug-likeness (QED) is 0.843. The summed E-state index contributed by atoms with van der Waals surface area (Å²) >= 11 is 0. The molecule has 3 atom stereocenters. The van der Waals surface area contributed by atoms with Crippen LogP contribution in [0.2, 0.25) is 0 Å². The molecule has 1 aromatic rings. The molecule has 3 unspecified atom stereocenters. The summed E-state index contributed by atoms with van der Waals surface area (Å²) in [4.78, 5) is 6.93. The fourth-order valence-electron chi connectivity index (χ4n) is 2.77. The van der Waals surface area contributed by atoms with Crippen molar-refractivity contribution in [3.63, 3.8) is 0 Å². The Hall–Kier alpha value is -0.930. The normalized spacial score (nSPS) is 28.2. The van der Waals surface area contributed by atoms with Crippen molar-refractivity contribution in [1.29, 1.82) is 0 Å². The van der Waals surface area contributed by atoms with E-state index in [9.17, 15) is 0 Å². The monoisotopic (exact) mass is 219 g/mol. The molecule has 0 radical (unpaired) electrons. The Morgan fingerprint density at radius 3 is 2.81 bits per heavy atom. The molecule has 1 aliphatic rings. The van der Waals surface area contributed by atoms with Crippen LogP contribution in [0.25, 0.3) is 0 Å². The summed E-state index contributed by atoms with van der Waals surface area (Å²) in [5.41, 5.74) is 7.01. The van der Waals surface area contributed by atoms with E-state index in [0.29, 0.717) is 12.6 Å². The third-order valence-electron chi connectivity index (χ3n) is 3.48. The van der Waals surface area contributed by atoms with E-state index in [1.54, 1.807) is 0 Å². The van der Waals surface area contributed by atoms with E-state index < -0.39 is 0 Å². The molecule has 16 heavy (non-hydrogen) atoms. The Morgan fingerprint density at radius 1 is 1.50 bits per heavy atom. The molecule has 2 heterocycles. The van der Waals surface area contributed by atoms with E-state index in [0.717, 1.165) is 18.2 Å². The van der Waals surface area contributed by atoms with Crippen LogP contribution in [0.1, 0.15) is 32.0 Å². The Balaban J connectivity index is 2.17. The molecule has 2 rings (SSSR count). The summed E-state index contributed by atoms with van der Waals surface area (Å²) in [6, 6.07) is 6.96. The van der Waals surface area contributed by atoms with Crippen LogP contribution in [0.15, 0.2) is 24.4 Å². The third-order valence-corrected chi connectivity index (χ3v) is 3.48. The van der Waals surface area contributed by atoms with Crippen molar-refractivity contribution in [2.24, 2.45) is 11.7 Å². The second-order valence-corrected chi connectivity index (χ2v) is 4.89. The lowest BCUT2D eigenvalue weighted by atomic mass is 10.1. The highest BCUT2D eigenvalue weighted by Crippen LogP contribution is 2.30. The molecule has 0 amide bonds. The maximum Gasteiger partial charge on any atom is 0.0646 e. The summed E-state index contributed by atoms with van der Waals surface area (Å²) in [5.74, 6) is 0.771. The van der Waals surface area contributed by atoms with Crippen molar-refractivity contribution in [2.75, 3.05) is 13.1 Å². The van der Waals surface area contributed by atoms with Crippen LogP contribution in [0.3, 0.4) is 0 Å². The first kappa shape index (κ1) is 11.6. The Morgan fingerprint density at radius 2 is 2.31 bits per heavy atom. The largest absolute Gasteiger partial charge is 0.329 e. The van der Waals surface area contributed by atoms with E-state index in [-0.39, 0.29) is 6.04 Å². The predicted octanol–water partition coefficient (Wildman–Crippen LogP) is 1.81. The van der Waals surface area contributed by atoms with Crippen molar-refractivity contribution in [2.45, 2.75) is 32.4 Å². The number of pyridine rings is 1. The molecule has 0 aromatic carbocycles. The molecule has 3 heteroatoms. The topological polar surface area (TPSA) is 42.1 Å². The minimum Gasteiger partial charge on any atom is -0.329 e. The molecule has 1 aliphatic heterocycles. The fraction of sp³-hybridized carbons (Fsp3) is 0.615. The van der Waals surface area contributed by atoms with Crippen molar-refractivity contribution in [3.8, 4) is 0 Å². The molecule has 1 aromatic heterocycles. The summed E-state index contributed by atoms with van der Waals surface area (Å²) < 4.78 is 0. The van der Waals surface area contributed by atoms with Gasteiger partial charge >= 0.3 is 0 Å². The van der Waals surface area contributed by atoms with Crippen LogP contribution in [-0.4, -0.2) is 29.0 Å². The van der Waals surface area contributed by atoms with Gasteiger partial charge in [0.15, 0.2) is 0 Å². The average molecular weight is 219 g/mol. The van der Waals surface area contributed by atoms with Gasteiger partial charge in [-0.1, -0.05) is 13.0 Å². The van der Waals surface area contributed by atoms with Gasteiger partial charge in [0.1, 0.15) is 0 Å². The van der Waals surface area contributed by atoms with Gasteiger partial charge in [-0.15, -0.1) is 0 Å².